The molecular formula is C13H16N2OS. The van der Waals surface area contributed by atoms with E-state index in [-0.39, 0.29) is 0 Å². The van der Waals surface area contributed by atoms with Crippen LogP contribution in [0.1, 0.15) is 16.1 Å². The minimum atomic E-state index is 0.539. The summed E-state index contributed by atoms with van der Waals surface area (Å²) in [6, 6.07) is 6.10. The van der Waals surface area contributed by atoms with Gasteiger partial charge in [-0.25, -0.2) is 4.98 Å². The highest BCUT2D eigenvalue weighted by atomic mass is 32.1. The summed E-state index contributed by atoms with van der Waals surface area (Å²) in [5.41, 5.74) is 8.93. The molecule has 0 fully saturated rings. The van der Waals surface area contributed by atoms with Gasteiger partial charge in [0.1, 0.15) is 10.8 Å². The first kappa shape index (κ1) is 12.1. The zero-order valence-corrected chi connectivity index (χ0v) is 11.1. The molecule has 4 heteroatoms. The van der Waals surface area contributed by atoms with Gasteiger partial charge in [0, 0.05) is 11.4 Å². The van der Waals surface area contributed by atoms with Crippen LogP contribution in [0.2, 0.25) is 0 Å². The zero-order chi connectivity index (χ0) is 12.4. The molecule has 17 heavy (non-hydrogen) atoms. The van der Waals surface area contributed by atoms with E-state index in [2.05, 4.69) is 18.0 Å². The van der Waals surface area contributed by atoms with Crippen molar-refractivity contribution in [2.75, 3.05) is 7.11 Å². The molecule has 0 saturated heterocycles. The Hall–Kier alpha value is -1.39. The maximum Gasteiger partial charge on any atom is 0.129 e. The number of hydrogen-bond donors (Lipinski definition) is 1. The zero-order valence-electron chi connectivity index (χ0n) is 10.3. The Bertz CT molecular complexity index is 534. The fourth-order valence-corrected chi connectivity index (χ4v) is 2.68. The number of ether oxygens (including phenoxy) is 1. The fraction of sp³-hybridized carbons (Fsp3) is 0.308. The standard InChI is InChI=1S/C13H16N2OS/c1-8-4-5-11(16-3)10(6-8)13-15-9(2)12(7-14)17-13/h4-6H,7,14H2,1-3H3. The number of rotatable bonds is 3. The summed E-state index contributed by atoms with van der Waals surface area (Å²) in [4.78, 5) is 5.69. The van der Waals surface area contributed by atoms with Crippen LogP contribution in [0.25, 0.3) is 10.6 Å². The second kappa shape index (κ2) is 4.85. The number of nitrogens with zero attached hydrogens (tertiary/aromatic N) is 1. The number of thiazole rings is 1. The first-order chi connectivity index (χ1) is 8.15. The molecule has 0 spiro atoms. The largest absolute Gasteiger partial charge is 0.496 e. The van der Waals surface area contributed by atoms with Crippen molar-refractivity contribution in [2.24, 2.45) is 5.73 Å². The van der Waals surface area contributed by atoms with E-state index in [1.165, 1.54) is 5.56 Å². The number of benzene rings is 1. The second-order valence-corrected chi connectivity index (χ2v) is 5.02. The van der Waals surface area contributed by atoms with E-state index in [9.17, 15) is 0 Å². The number of nitrogens with two attached hydrogens (primary N) is 1. The van der Waals surface area contributed by atoms with Crippen molar-refractivity contribution in [3.8, 4) is 16.3 Å². The third-order valence-corrected chi connectivity index (χ3v) is 3.88. The van der Waals surface area contributed by atoms with Crippen molar-refractivity contribution >= 4 is 11.3 Å². The van der Waals surface area contributed by atoms with Gasteiger partial charge >= 0.3 is 0 Å². The molecule has 0 aliphatic heterocycles. The van der Waals surface area contributed by atoms with Gasteiger partial charge in [0.2, 0.25) is 0 Å². The van der Waals surface area contributed by atoms with Crippen LogP contribution in [0.3, 0.4) is 0 Å². The Morgan fingerprint density at radius 2 is 2.12 bits per heavy atom. The Labute approximate surface area is 105 Å². The van der Waals surface area contributed by atoms with Gasteiger partial charge in [-0.3, -0.25) is 0 Å². The molecule has 0 atom stereocenters. The molecule has 0 aliphatic carbocycles. The van der Waals surface area contributed by atoms with Gasteiger partial charge in [-0.05, 0) is 26.0 Å². The van der Waals surface area contributed by atoms with Gasteiger partial charge in [0.05, 0.1) is 18.4 Å². The highest BCUT2D eigenvalue weighted by Gasteiger charge is 2.12. The number of aryl methyl sites for hydroxylation is 2. The summed E-state index contributed by atoms with van der Waals surface area (Å²) in [5, 5.41) is 0.975. The molecule has 1 aromatic heterocycles. The van der Waals surface area contributed by atoms with Crippen LogP contribution in [-0.2, 0) is 6.54 Å². The van der Waals surface area contributed by atoms with Gasteiger partial charge < -0.3 is 10.5 Å². The number of methoxy groups -OCH3 is 1. The predicted molar refractivity (Wildman–Crippen MR) is 71.5 cm³/mol. The first-order valence-corrected chi connectivity index (χ1v) is 6.28. The Balaban J connectivity index is 2.54. The van der Waals surface area contributed by atoms with Gasteiger partial charge in [-0.1, -0.05) is 11.6 Å². The van der Waals surface area contributed by atoms with Crippen molar-refractivity contribution in [1.82, 2.24) is 4.98 Å². The van der Waals surface area contributed by atoms with Crippen LogP contribution in [0.4, 0.5) is 0 Å². The molecule has 0 saturated carbocycles. The van der Waals surface area contributed by atoms with Crippen molar-refractivity contribution in [3.05, 3.63) is 34.3 Å². The second-order valence-electron chi connectivity index (χ2n) is 3.94. The van der Waals surface area contributed by atoms with Crippen LogP contribution in [0, 0.1) is 13.8 Å². The minimum Gasteiger partial charge on any atom is -0.496 e. The summed E-state index contributed by atoms with van der Waals surface area (Å²) >= 11 is 1.63. The van der Waals surface area contributed by atoms with Crippen molar-refractivity contribution < 1.29 is 4.74 Å². The molecule has 0 amide bonds. The Kier molecular flexibility index (Phi) is 3.45. The minimum absolute atomic E-state index is 0.539. The molecule has 0 bridgehead atoms. The van der Waals surface area contributed by atoms with E-state index >= 15 is 0 Å². The van der Waals surface area contributed by atoms with Crippen molar-refractivity contribution in [1.29, 1.82) is 0 Å². The topological polar surface area (TPSA) is 48.1 Å². The lowest BCUT2D eigenvalue weighted by Crippen LogP contribution is -1.94. The maximum atomic E-state index is 5.68. The molecule has 1 aromatic carbocycles. The lowest BCUT2D eigenvalue weighted by Gasteiger charge is -2.06. The molecule has 1 heterocycles. The van der Waals surface area contributed by atoms with E-state index < -0.39 is 0 Å². The number of hydrogen-bond acceptors (Lipinski definition) is 4. The molecule has 2 aromatic rings. The molecule has 3 nitrogen and oxygen atoms in total. The normalized spacial score (nSPS) is 10.6. The molecular weight excluding hydrogens is 232 g/mol. The highest BCUT2D eigenvalue weighted by Crippen LogP contribution is 2.34. The summed E-state index contributed by atoms with van der Waals surface area (Å²) in [6.45, 7) is 4.59. The van der Waals surface area contributed by atoms with Crippen LogP contribution in [-0.4, -0.2) is 12.1 Å². The lowest BCUT2D eigenvalue weighted by molar-refractivity contribution is 0.416. The monoisotopic (exact) mass is 248 g/mol. The first-order valence-electron chi connectivity index (χ1n) is 5.47. The van der Waals surface area contributed by atoms with E-state index in [0.717, 1.165) is 26.9 Å². The van der Waals surface area contributed by atoms with E-state index in [4.69, 9.17) is 10.5 Å². The Morgan fingerprint density at radius 1 is 1.35 bits per heavy atom. The summed E-state index contributed by atoms with van der Waals surface area (Å²) < 4.78 is 5.37. The average molecular weight is 248 g/mol. The summed E-state index contributed by atoms with van der Waals surface area (Å²) in [6.07, 6.45) is 0. The van der Waals surface area contributed by atoms with Crippen LogP contribution < -0.4 is 10.5 Å². The number of aromatic nitrogens is 1. The predicted octanol–water partition coefficient (Wildman–Crippen LogP) is 2.89. The van der Waals surface area contributed by atoms with Gasteiger partial charge in [0.15, 0.2) is 0 Å². The smallest absolute Gasteiger partial charge is 0.129 e. The molecule has 0 radical (unpaired) electrons. The third-order valence-electron chi connectivity index (χ3n) is 2.66. The Morgan fingerprint density at radius 3 is 2.71 bits per heavy atom. The van der Waals surface area contributed by atoms with Gasteiger partial charge in [-0.2, -0.15) is 0 Å². The van der Waals surface area contributed by atoms with Crippen LogP contribution in [0.5, 0.6) is 5.75 Å². The lowest BCUT2D eigenvalue weighted by atomic mass is 10.1. The SMILES string of the molecule is COc1ccc(C)cc1-c1nc(C)c(CN)s1. The molecule has 2 N–H and O–H groups in total. The van der Waals surface area contributed by atoms with E-state index in [0.29, 0.717) is 6.54 Å². The van der Waals surface area contributed by atoms with Crippen molar-refractivity contribution in [2.45, 2.75) is 20.4 Å². The molecule has 90 valence electrons. The van der Waals surface area contributed by atoms with Crippen LogP contribution in [0.15, 0.2) is 18.2 Å². The summed E-state index contributed by atoms with van der Waals surface area (Å²) in [7, 11) is 1.68. The van der Waals surface area contributed by atoms with E-state index in [1.807, 2.05) is 19.1 Å². The molecule has 0 unspecified atom stereocenters. The third kappa shape index (κ3) is 2.33. The maximum absolute atomic E-state index is 5.68. The van der Waals surface area contributed by atoms with Crippen molar-refractivity contribution in [3.63, 3.8) is 0 Å². The summed E-state index contributed by atoms with van der Waals surface area (Å²) in [5.74, 6) is 0.855. The van der Waals surface area contributed by atoms with Gasteiger partial charge in [0.25, 0.3) is 0 Å². The average Bonchev–Trinajstić information content (AvgIpc) is 2.70. The molecule has 2 rings (SSSR count). The highest BCUT2D eigenvalue weighted by molar-refractivity contribution is 7.15. The molecule has 0 aliphatic rings. The van der Waals surface area contributed by atoms with E-state index in [1.54, 1.807) is 18.4 Å². The fourth-order valence-electron chi connectivity index (χ4n) is 1.72. The van der Waals surface area contributed by atoms with Crippen LogP contribution >= 0.6 is 11.3 Å². The van der Waals surface area contributed by atoms with Gasteiger partial charge in [-0.15, -0.1) is 11.3 Å². The quantitative estimate of drug-likeness (QED) is 0.908.